The first-order chi connectivity index (χ1) is 7.41. The van der Waals surface area contributed by atoms with Crippen molar-refractivity contribution in [2.24, 2.45) is 0 Å². The molecular formula is C8H5ClN2O4S. The van der Waals surface area contributed by atoms with E-state index in [0.717, 1.165) is 6.20 Å². The number of halogens is 1. The van der Waals surface area contributed by atoms with Crippen LogP contribution in [0.5, 0.6) is 0 Å². The fourth-order valence-electron chi connectivity index (χ4n) is 1.48. The van der Waals surface area contributed by atoms with Crippen LogP contribution in [0.2, 0.25) is 0 Å². The summed E-state index contributed by atoms with van der Waals surface area (Å²) in [5.41, 5.74) is 0.0615. The molecule has 0 bridgehead atoms. The molecular weight excluding hydrogens is 256 g/mol. The summed E-state index contributed by atoms with van der Waals surface area (Å²) in [6.07, 6.45) is 1.14. The molecule has 1 aromatic heterocycles. The molecule has 0 spiro atoms. The van der Waals surface area contributed by atoms with Crippen molar-refractivity contribution in [3.63, 3.8) is 0 Å². The van der Waals surface area contributed by atoms with Crippen LogP contribution in [0.3, 0.4) is 0 Å². The summed E-state index contributed by atoms with van der Waals surface area (Å²) in [6.45, 7) is 0. The number of benzene rings is 1. The topological polar surface area (TPSA) is 93.1 Å². The summed E-state index contributed by atoms with van der Waals surface area (Å²) in [5, 5.41) is 10.7. The Balaban J connectivity index is 2.94. The standard InChI is InChI=1S/C8H5ClN2O4S/c9-16(14,15)7-4-10-5-2-1-3-6(8(5)7)11(12)13/h1-4,10H. The predicted molar refractivity (Wildman–Crippen MR) is 58.0 cm³/mol. The number of aromatic nitrogens is 1. The lowest BCUT2D eigenvalue weighted by Crippen LogP contribution is -1.93. The van der Waals surface area contributed by atoms with Gasteiger partial charge in [-0.25, -0.2) is 8.42 Å². The zero-order chi connectivity index (χ0) is 11.9. The molecule has 8 heteroatoms. The van der Waals surface area contributed by atoms with Crippen molar-refractivity contribution in [1.82, 2.24) is 4.98 Å². The zero-order valence-electron chi connectivity index (χ0n) is 7.68. The Morgan fingerprint density at radius 1 is 1.38 bits per heavy atom. The van der Waals surface area contributed by atoms with Crippen molar-refractivity contribution in [2.75, 3.05) is 0 Å². The summed E-state index contributed by atoms with van der Waals surface area (Å²) in [7, 11) is 1.18. The van der Waals surface area contributed by atoms with Gasteiger partial charge < -0.3 is 4.98 Å². The van der Waals surface area contributed by atoms with Crippen molar-refractivity contribution < 1.29 is 13.3 Å². The van der Waals surface area contributed by atoms with Gasteiger partial charge in [-0.1, -0.05) is 6.07 Å². The molecule has 0 atom stereocenters. The van der Waals surface area contributed by atoms with Gasteiger partial charge in [0.05, 0.1) is 15.8 Å². The number of nitrogens with zero attached hydrogens (tertiary/aromatic N) is 1. The Morgan fingerprint density at radius 2 is 2.06 bits per heavy atom. The molecule has 0 aliphatic carbocycles. The second-order valence-corrected chi connectivity index (χ2v) is 5.58. The van der Waals surface area contributed by atoms with Gasteiger partial charge in [-0.05, 0) is 6.07 Å². The first kappa shape index (κ1) is 10.9. The van der Waals surface area contributed by atoms with Crippen LogP contribution in [-0.2, 0) is 9.05 Å². The maximum atomic E-state index is 11.2. The maximum absolute atomic E-state index is 11.2. The fraction of sp³-hybridized carbons (Fsp3) is 0. The first-order valence-electron chi connectivity index (χ1n) is 4.10. The number of nitro groups is 1. The molecule has 0 unspecified atom stereocenters. The molecule has 0 saturated heterocycles. The van der Waals surface area contributed by atoms with Gasteiger partial charge >= 0.3 is 0 Å². The Hall–Kier alpha value is -1.60. The number of nitrogens with one attached hydrogen (secondary N) is 1. The number of hydrogen-bond donors (Lipinski definition) is 1. The third-order valence-corrected chi connectivity index (χ3v) is 3.45. The van der Waals surface area contributed by atoms with E-state index in [1.807, 2.05) is 0 Å². The van der Waals surface area contributed by atoms with Crippen molar-refractivity contribution >= 4 is 36.3 Å². The molecule has 0 radical (unpaired) electrons. The van der Waals surface area contributed by atoms with E-state index in [0.29, 0.717) is 5.52 Å². The SMILES string of the molecule is O=[N+]([O-])c1cccc2[nH]cc(S(=O)(=O)Cl)c12. The molecule has 6 nitrogen and oxygen atoms in total. The number of hydrogen-bond acceptors (Lipinski definition) is 4. The highest BCUT2D eigenvalue weighted by molar-refractivity contribution is 8.14. The monoisotopic (exact) mass is 260 g/mol. The van der Waals surface area contributed by atoms with Gasteiger partial charge in [-0.3, -0.25) is 10.1 Å². The average molecular weight is 261 g/mol. The second-order valence-electron chi connectivity index (χ2n) is 3.05. The zero-order valence-corrected chi connectivity index (χ0v) is 9.25. The summed E-state index contributed by atoms with van der Waals surface area (Å²) >= 11 is 0. The molecule has 1 aromatic carbocycles. The smallest absolute Gasteiger partial charge is 0.280 e. The Morgan fingerprint density at radius 3 is 2.62 bits per heavy atom. The van der Waals surface area contributed by atoms with Crippen LogP contribution in [0.4, 0.5) is 5.69 Å². The Labute approximate surface area is 94.4 Å². The number of nitro benzene ring substituents is 1. The first-order valence-corrected chi connectivity index (χ1v) is 6.41. The van der Waals surface area contributed by atoms with Crippen LogP contribution in [0.25, 0.3) is 10.9 Å². The van der Waals surface area contributed by atoms with Crippen molar-refractivity contribution in [1.29, 1.82) is 0 Å². The van der Waals surface area contributed by atoms with E-state index in [1.54, 1.807) is 0 Å². The normalized spacial score (nSPS) is 11.8. The minimum absolute atomic E-state index is 0.00231. The van der Waals surface area contributed by atoms with Crippen LogP contribution in [0.1, 0.15) is 0 Å². The third kappa shape index (κ3) is 1.63. The van der Waals surface area contributed by atoms with E-state index in [9.17, 15) is 18.5 Å². The van der Waals surface area contributed by atoms with Crippen molar-refractivity contribution in [3.8, 4) is 0 Å². The summed E-state index contributed by atoms with van der Waals surface area (Å²) in [4.78, 5) is 12.4. The van der Waals surface area contributed by atoms with Crippen LogP contribution in [-0.4, -0.2) is 18.3 Å². The van der Waals surface area contributed by atoms with E-state index >= 15 is 0 Å². The molecule has 0 fully saturated rings. The Bertz CT molecular complexity index is 676. The molecule has 2 aromatic rings. The van der Waals surface area contributed by atoms with E-state index in [-0.39, 0.29) is 16.0 Å². The summed E-state index contributed by atoms with van der Waals surface area (Å²) in [5.74, 6) is 0. The van der Waals surface area contributed by atoms with Gasteiger partial charge in [0.1, 0.15) is 4.90 Å². The van der Waals surface area contributed by atoms with Crippen LogP contribution >= 0.6 is 10.7 Å². The second kappa shape index (κ2) is 3.46. The molecule has 0 amide bonds. The molecule has 1 heterocycles. The molecule has 0 aliphatic heterocycles. The van der Waals surface area contributed by atoms with Crippen LogP contribution < -0.4 is 0 Å². The molecule has 16 heavy (non-hydrogen) atoms. The number of H-pyrrole nitrogens is 1. The lowest BCUT2D eigenvalue weighted by Gasteiger charge is -1.96. The number of rotatable bonds is 2. The average Bonchev–Trinajstić information content (AvgIpc) is 2.59. The quantitative estimate of drug-likeness (QED) is 0.508. The summed E-state index contributed by atoms with van der Waals surface area (Å²) in [6, 6.07) is 4.22. The minimum Gasteiger partial charge on any atom is -0.360 e. The highest BCUT2D eigenvalue weighted by atomic mass is 35.7. The Kier molecular flexibility index (Phi) is 2.36. The van der Waals surface area contributed by atoms with Crippen molar-refractivity contribution in [3.05, 3.63) is 34.5 Å². The van der Waals surface area contributed by atoms with Gasteiger partial charge in [-0.15, -0.1) is 0 Å². The van der Waals surface area contributed by atoms with Crippen LogP contribution in [0.15, 0.2) is 29.3 Å². The largest absolute Gasteiger partial charge is 0.360 e. The van der Waals surface area contributed by atoms with Gasteiger partial charge in [-0.2, -0.15) is 0 Å². The number of aromatic amines is 1. The third-order valence-electron chi connectivity index (χ3n) is 2.11. The number of fused-ring (bicyclic) bond motifs is 1. The molecule has 2 rings (SSSR count). The van der Waals surface area contributed by atoms with Gasteiger partial charge in [0.15, 0.2) is 0 Å². The molecule has 1 N–H and O–H groups in total. The lowest BCUT2D eigenvalue weighted by molar-refractivity contribution is -0.383. The summed E-state index contributed by atoms with van der Waals surface area (Å²) < 4.78 is 22.4. The van der Waals surface area contributed by atoms with Crippen molar-refractivity contribution in [2.45, 2.75) is 4.90 Å². The van der Waals surface area contributed by atoms with E-state index in [2.05, 4.69) is 4.98 Å². The van der Waals surface area contributed by atoms with E-state index in [4.69, 9.17) is 10.7 Å². The maximum Gasteiger partial charge on any atom is 0.280 e. The molecule has 0 saturated carbocycles. The highest BCUT2D eigenvalue weighted by Gasteiger charge is 2.23. The van der Waals surface area contributed by atoms with Gasteiger partial charge in [0.2, 0.25) is 0 Å². The predicted octanol–water partition coefficient (Wildman–Crippen LogP) is 2.00. The highest BCUT2D eigenvalue weighted by Crippen LogP contribution is 2.32. The van der Waals surface area contributed by atoms with E-state index in [1.165, 1.54) is 18.2 Å². The van der Waals surface area contributed by atoms with Gasteiger partial charge in [0.25, 0.3) is 14.7 Å². The van der Waals surface area contributed by atoms with Gasteiger partial charge in [0, 0.05) is 22.9 Å². The van der Waals surface area contributed by atoms with Crippen LogP contribution in [0, 0.1) is 10.1 Å². The minimum atomic E-state index is -4.01. The molecule has 84 valence electrons. The lowest BCUT2D eigenvalue weighted by atomic mass is 10.2. The molecule has 0 aliphatic rings. The van der Waals surface area contributed by atoms with E-state index < -0.39 is 14.0 Å². The fourth-order valence-corrected chi connectivity index (χ4v) is 2.50. The number of non-ortho nitro benzene ring substituents is 1.